The third-order valence-electron chi connectivity index (χ3n) is 4.91. The molecule has 2 aromatic rings. The molecule has 0 saturated heterocycles. The Balaban J connectivity index is 2.21. The van der Waals surface area contributed by atoms with Crippen LogP contribution in [0.25, 0.3) is 0 Å². The van der Waals surface area contributed by atoms with Gasteiger partial charge in [0.15, 0.2) is 0 Å². The van der Waals surface area contributed by atoms with E-state index in [1.54, 1.807) is 23.1 Å². The van der Waals surface area contributed by atoms with E-state index >= 15 is 0 Å². The first-order valence-corrected chi connectivity index (χ1v) is 11.1. The number of hydrogen-bond donors (Lipinski definition) is 1. The summed E-state index contributed by atoms with van der Waals surface area (Å²) in [5, 5.41) is 3.95. The summed E-state index contributed by atoms with van der Waals surface area (Å²) < 4.78 is 0. The van der Waals surface area contributed by atoms with Gasteiger partial charge in [0.2, 0.25) is 11.8 Å². The van der Waals surface area contributed by atoms with Crippen LogP contribution in [0.4, 0.5) is 0 Å². The topological polar surface area (TPSA) is 49.4 Å². The summed E-state index contributed by atoms with van der Waals surface area (Å²) in [6.45, 7) is 7.06. The predicted molar refractivity (Wildman–Crippen MR) is 124 cm³/mol. The van der Waals surface area contributed by atoms with E-state index < -0.39 is 6.04 Å². The normalized spacial score (nSPS) is 11.9. The molecule has 4 nitrogen and oxygen atoms in total. The predicted octanol–water partition coefficient (Wildman–Crippen LogP) is 5.16. The van der Waals surface area contributed by atoms with Crippen LogP contribution in [0.5, 0.6) is 0 Å². The summed E-state index contributed by atoms with van der Waals surface area (Å²) in [5.74, 6) is 0.101. The van der Waals surface area contributed by atoms with Gasteiger partial charge in [0.1, 0.15) is 6.04 Å². The largest absolute Gasteiger partial charge is 0.354 e. The molecule has 0 aromatic heterocycles. The molecule has 1 atom stereocenters. The summed E-state index contributed by atoms with van der Waals surface area (Å²) >= 11 is 12.3. The number of carbonyl (C=O) groups excluding carboxylic acids is 2. The van der Waals surface area contributed by atoms with Crippen LogP contribution in [0.15, 0.2) is 48.5 Å². The van der Waals surface area contributed by atoms with E-state index in [1.165, 1.54) is 0 Å². The molecule has 0 aliphatic carbocycles. The Labute approximate surface area is 189 Å². The van der Waals surface area contributed by atoms with Crippen molar-refractivity contribution < 1.29 is 9.59 Å². The van der Waals surface area contributed by atoms with Crippen LogP contribution in [0.2, 0.25) is 10.0 Å². The van der Waals surface area contributed by atoms with E-state index in [-0.39, 0.29) is 18.2 Å². The van der Waals surface area contributed by atoms with E-state index in [1.807, 2.05) is 51.1 Å². The first-order chi connectivity index (χ1) is 14.3. The van der Waals surface area contributed by atoms with Crippen LogP contribution in [-0.2, 0) is 22.4 Å². The lowest BCUT2D eigenvalue weighted by molar-refractivity contribution is -0.140. The first kappa shape index (κ1) is 24.2. The van der Waals surface area contributed by atoms with Crippen molar-refractivity contribution >= 4 is 35.0 Å². The van der Waals surface area contributed by atoms with Crippen molar-refractivity contribution in [2.45, 2.75) is 46.1 Å². The average Bonchev–Trinajstić information content (AvgIpc) is 2.72. The molecule has 2 amide bonds. The molecule has 162 valence electrons. The first-order valence-electron chi connectivity index (χ1n) is 10.4. The molecule has 0 spiro atoms. The van der Waals surface area contributed by atoms with E-state index in [0.29, 0.717) is 47.5 Å². The fourth-order valence-electron chi connectivity index (χ4n) is 3.25. The maximum atomic E-state index is 13.3. The van der Waals surface area contributed by atoms with E-state index in [0.717, 1.165) is 5.56 Å². The Bertz CT molecular complexity index is 840. The van der Waals surface area contributed by atoms with E-state index in [4.69, 9.17) is 23.2 Å². The third kappa shape index (κ3) is 7.33. The number of carbonyl (C=O) groups is 2. The maximum Gasteiger partial charge on any atom is 0.242 e. The van der Waals surface area contributed by atoms with Gasteiger partial charge in [-0.3, -0.25) is 9.59 Å². The molecule has 1 N–H and O–H groups in total. The molecule has 0 radical (unpaired) electrons. The SMILES string of the molecule is CCC(C(=O)NCC(C)C)N(CCc1ccccc1)C(=O)Cc1ccc(Cl)cc1Cl. The average molecular weight is 449 g/mol. The van der Waals surface area contributed by atoms with Crippen LogP contribution >= 0.6 is 23.2 Å². The standard InChI is InChI=1S/C24H30Cl2N2O2/c1-4-22(24(30)27-16-17(2)3)28(13-12-18-8-6-5-7-9-18)23(29)14-19-10-11-20(25)15-21(19)26/h5-11,15,17,22H,4,12-14,16H2,1-3H3,(H,27,30). The van der Waals surface area contributed by atoms with Crippen molar-refractivity contribution in [2.24, 2.45) is 5.92 Å². The highest BCUT2D eigenvalue weighted by Gasteiger charge is 2.28. The molecule has 6 heteroatoms. The second kappa shape index (κ2) is 12.0. The van der Waals surface area contributed by atoms with Crippen LogP contribution < -0.4 is 5.32 Å². The summed E-state index contributed by atoms with van der Waals surface area (Å²) in [7, 11) is 0. The summed E-state index contributed by atoms with van der Waals surface area (Å²) in [6.07, 6.45) is 1.34. The van der Waals surface area contributed by atoms with Crippen LogP contribution in [0.1, 0.15) is 38.3 Å². The number of nitrogens with one attached hydrogen (secondary N) is 1. The minimum absolute atomic E-state index is 0.116. The Kier molecular flexibility index (Phi) is 9.67. The van der Waals surface area contributed by atoms with Crippen molar-refractivity contribution in [1.29, 1.82) is 0 Å². The molecular formula is C24H30Cl2N2O2. The quantitative estimate of drug-likeness (QED) is 0.545. The lowest BCUT2D eigenvalue weighted by Crippen LogP contribution is -2.51. The van der Waals surface area contributed by atoms with Crippen molar-refractivity contribution in [3.05, 3.63) is 69.7 Å². The number of rotatable bonds is 10. The fraction of sp³-hybridized carbons (Fsp3) is 0.417. The maximum absolute atomic E-state index is 13.3. The number of amides is 2. The van der Waals surface area contributed by atoms with Crippen molar-refractivity contribution in [2.75, 3.05) is 13.1 Å². The molecule has 0 bridgehead atoms. The molecule has 1 unspecified atom stereocenters. The molecule has 0 aliphatic heterocycles. The molecular weight excluding hydrogens is 419 g/mol. The van der Waals surface area contributed by atoms with Gasteiger partial charge in [-0.25, -0.2) is 0 Å². The Hall–Kier alpha value is -2.04. The van der Waals surface area contributed by atoms with Gasteiger partial charge in [0, 0.05) is 23.1 Å². The summed E-state index contributed by atoms with van der Waals surface area (Å²) in [6, 6.07) is 14.6. The molecule has 2 rings (SSSR count). The van der Waals surface area contributed by atoms with Gasteiger partial charge in [0.05, 0.1) is 6.42 Å². The van der Waals surface area contributed by atoms with Gasteiger partial charge in [-0.1, -0.05) is 80.4 Å². The number of nitrogens with zero attached hydrogens (tertiary/aromatic N) is 1. The lowest BCUT2D eigenvalue weighted by atomic mass is 10.1. The van der Waals surface area contributed by atoms with Crippen LogP contribution in [0.3, 0.4) is 0 Å². The van der Waals surface area contributed by atoms with Crippen LogP contribution in [-0.4, -0.2) is 35.8 Å². The Morgan fingerprint density at radius 3 is 2.37 bits per heavy atom. The monoisotopic (exact) mass is 448 g/mol. The van der Waals surface area contributed by atoms with Gasteiger partial charge in [-0.2, -0.15) is 0 Å². The Morgan fingerprint density at radius 1 is 1.07 bits per heavy atom. The van der Waals surface area contributed by atoms with Gasteiger partial charge in [0.25, 0.3) is 0 Å². The molecule has 0 saturated carbocycles. The van der Waals surface area contributed by atoms with Gasteiger partial charge in [-0.05, 0) is 42.0 Å². The summed E-state index contributed by atoms with van der Waals surface area (Å²) in [4.78, 5) is 27.8. The zero-order chi connectivity index (χ0) is 22.1. The van der Waals surface area contributed by atoms with Gasteiger partial charge in [-0.15, -0.1) is 0 Å². The molecule has 30 heavy (non-hydrogen) atoms. The lowest BCUT2D eigenvalue weighted by Gasteiger charge is -2.31. The van der Waals surface area contributed by atoms with Crippen LogP contribution in [0, 0.1) is 5.92 Å². The van der Waals surface area contributed by atoms with Gasteiger partial charge >= 0.3 is 0 Å². The highest BCUT2D eigenvalue weighted by Crippen LogP contribution is 2.22. The fourth-order valence-corrected chi connectivity index (χ4v) is 3.72. The van der Waals surface area contributed by atoms with Gasteiger partial charge < -0.3 is 10.2 Å². The molecule has 2 aromatic carbocycles. The minimum atomic E-state index is -0.522. The highest BCUT2D eigenvalue weighted by atomic mass is 35.5. The molecule has 0 aliphatic rings. The van der Waals surface area contributed by atoms with Crippen molar-refractivity contribution in [3.63, 3.8) is 0 Å². The molecule has 0 fully saturated rings. The van der Waals surface area contributed by atoms with E-state index in [9.17, 15) is 9.59 Å². The minimum Gasteiger partial charge on any atom is -0.354 e. The second-order valence-corrected chi connectivity index (χ2v) is 8.64. The smallest absolute Gasteiger partial charge is 0.242 e. The van der Waals surface area contributed by atoms with Crippen molar-refractivity contribution in [1.82, 2.24) is 10.2 Å². The number of halogens is 2. The second-order valence-electron chi connectivity index (χ2n) is 7.80. The van der Waals surface area contributed by atoms with E-state index in [2.05, 4.69) is 5.32 Å². The third-order valence-corrected chi connectivity index (χ3v) is 5.50. The highest BCUT2D eigenvalue weighted by molar-refractivity contribution is 6.35. The number of hydrogen-bond acceptors (Lipinski definition) is 2. The summed E-state index contributed by atoms with van der Waals surface area (Å²) in [5.41, 5.74) is 1.82. The van der Waals surface area contributed by atoms with Crippen molar-refractivity contribution in [3.8, 4) is 0 Å². The zero-order valence-electron chi connectivity index (χ0n) is 17.8. The Morgan fingerprint density at radius 2 is 1.77 bits per heavy atom. The molecule has 0 heterocycles. The number of benzene rings is 2. The zero-order valence-corrected chi connectivity index (χ0v) is 19.3.